The molecule has 0 amide bonds. The van der Waals surface area contributed by atoms with E-state index in [1.54, 1.807) is 0 Å². The van der Waals surface area contributed by atoms with E-state index in [2.05, 4.69) is 24.1 Å². The third-order valence-corrected chi connectivity index (χ3v) is 3.53. The molecular weight excluding hydrogens is 188 g/mol. The Labute approximate surface area is 93.2 Å². The summed E-state index contributed by atoms with van der Waals surface area (Å²) < 4.78 is 5.41. The second-order valence-electron chi connectivity index (χ2n) is 5.61. The van der Waals surface area contributed by atoms with Gasteiger partial charge in [-0.05, 0) is 39.2 Å². The van der Waals surface area contributed by atoms with Crippen LogP contribution in [0.1, 0.15) is 26.7 Å². The number of nitrogens with one attached hydrogen (secondary N) is 1. The molecule has 0 aromatic heterocycles. The van der Waals surface area contributed by atoms with Crippen LogP contribution in [-0.2, 0) is 4.74 Å². The number of hydrogen-bond donors (Lipinski definition) is 1. The maximum absolute atomic E-state index is 5.41. The van der Waals surface area contributed by atoms with Crippen LogP contribution in [0.25, 0.3) is 0 Å². The van der Waals surface area contributed by atoms with Gasteiger partial charge in [-0.3, -0.25) is 0 Å². The van der Waals surface area contributed by atoms with E-state index in [1.807, 2.05) is 0 Å². The Morgan fingerprint density at radius 2 is 2.33 bits per heavy atom. The van der Waals surface area contributed by atoms with E-state index in [-0.39, 0.29) is 0 Å². The second kappa shape index (κ2) is 4.81. The molecule has 0 spiro atoms. The first-order valence-electron chi connectivity index (χ1n) is 6.21. The molecule has 2 saturated heterocycles. The van der Waals surface area contributed by atoms with Crippen molar-refractivity contribution >= 4 is 0 Å². The predicted octanol–water partition coefficient (Wildman–Crippen LogP) is 1.10. The molecule has 15 heavy (non-hydrogen) atoms. The smallest absolute Gasteiger partial charge is 0.0495 e. The molecule has 88 valence electrons. The lowest BCUT2D eigenvalue weighted by Crippen LogP contribution is -2.57. The Bertz CT molecular complexity index is 200. The summed E-state index contributed by atoms with van der Waals surface area (Å²) in [6.07, 6.45) is 2.59. The maximum atomic E-state index is 5.41. The van der Waals surface area contributed by atoms with Gasteiger partial charge in [0.05, 0.1) is 0 Å². The van der Waals surface area contributed by atoms with Gasteiger partial charge in [-0.15, -0.1) is 0 Å². The van der Waals surface area contributed by atoms with Crippen LogP contribution in [0.3, 0.4) is 0 Å². The van der Waals surface area contributed by atoms with Crippen molar-refractivity contribution in [1.82, 2.24) is 10.2 Å². The first-order valence-corrected chi connectivity index (χ1v) is 6.21. The molecule has 2 fully saturated rings. The number of ether oxygens (including phenoxy) is 1. The molecule has 1 atom stereocenters. The average Bonchev–Trinajstić information content (AvgIpc) is 2.65. The summed E-state index contributed by atoms with van der Waals surface area (Å²) in [5.41, 5.74) is 0.296. The van der Waals surface area contributed by atoms with Crippen molar-refractivity contribution in [3.05, 3.63) is 0 Å². The Morgan fingerprint density at radius 3 is 3.00 bits per heavy atom. The zero-order valence-electron chi connectivity index (χ0n) is 10.1. The average molecular weight is 212 g/mol. The molecule has 0 aromatic carbocycles. The highest BCUT2D eigenvalue weighted by Crippen LogP contribution is 2.18. The van der Waals surface area contributed by atoms with Crippen LogP contribution in [0.5, 0.6) is 0 Å². The predicted molar refractivity (Wildman–Crippen MR) is 62.1 cm³/mol. The Kier molecular flexibility index (Phi) is 3.65. The number of nitrogens with zero attached hydrogens (tertiary/aromatic N) is 1. The summed E-state index contributed by atoms with van der Waals surface area (Å²) >= 11 is 0. The van der Waals surface area contributed by atoms with E-state index in [9.17, 15) is 0 Å². The quantitative estimate of drug-likeness (QED) is 0.758. The van der Waals surface area contributed by atoms with E-state index in [4.69, 9.17) is 4.74 Å². The zero-order chi connectivity index (χ0) is 10.7. The monoisotopic (exact) mass is 212 g/mol. The maximum Gasteiger partial charge on any atom is 0.0495 e. The van der Waals surface area contributed by atoms with Crippen LogP contribution in [-0.4, -0.2) is 49.8 Å². The highest BCUT2D eigenvalue weighted by molar-refractivity contribution is 4.86. The Hall–Kier alpha value is -0.120. The van der Waals surface area contributed by atoms with E-state index in [0.717, 1.165) is 25.7 Å². The normalized spacial score (nSPS) is 32.0. The molecule has 3 heteroatoms. The fourth-order valence-corrected chi connectivity index (χ4v) is 2.61. The molecule has 0 saturated carbocycles. The largest absolute Gasteiger partial charge is 0.381 e. The summed E-state index contributed by atoms with van der Waals surface area (Å²) in [5, 5.41) is 3.55. The number of hydrogen-bond acceptors (Lipinski definition) is 3. The Morgan fingerprint density at radius 1 is 1.47 bits per heavy atom. The van der Waals surface area contributed by atoms with E-state index in [0.29, 0.717) is 5.54 Å². The molecule has 0 bridgehead atoms. The Balaban J connectivity index is 1.69. The molecule has 0 radical (unpaired) electrons. The van der Waals surface area contributed by atoms with Gasteiger partial charge < -0.3 is 15.0 Å². The first-order chi connectivity index (χ1) is 7.16. The molecule has 1 N–H and O–H groups in total. The molecule has 2 rings (SSSR count). The van der Waals surface area contributed by atoms with Crippen LogP contribution in [0.4, 0.5) is 0 Å². The van der Waals surface area contributed by atoms with E-state index >= 15 is 0 Å². The van der Waals surface area contributed by atoms with Gasteiger partial charge in [0, 0.05) is 38.4 Å². The lowest BCUT2D eigenvalue weighted by atomic mass is 10.0. The van der Waals surface area contributed by atoms with Crippen molar-refractivity contribution in [2.45, 2.75) is 32.2 Å². The second-order valence-corrected chi connectivity index (χ2v) is 5.61. The number of piperazine rings is 1. The molecule has 2 aliphatic rings. The van der Waals surface area contributed by atoms with Crippen molar-refractivity contribution in [3.8, 4) is 0 Å². The van der Waals surface area contributed by atoms with Gasteiger partial charge in [-0.2, -0.15) is 0 Å². The van der Waals surface area contributed by atoms with Crippen molar-refractivity contribution in [3.63, 3.8) is 0 Å². The van der Waals surface area contributed by atoms with Crippen molar-refractivity contribution in [1.29, 1.82) is 0 Å². The molecule has 2 heterocycles. The third-order valence-electron chi connectivity index (χ3n) is 3.53. The zero-order valence-corrected chi connectivity index (χ0v) is 10.1. The molecular formula is C12H24N2O. The van der Waals surface area contributed by atoms with Crippen LogP contribution in [0.15, 0.2) is 0 Å². The van der Waals surface area contributed by atoms with Crippen molar-refractivity contribution < 1.29 is 4.74 Å². The summed E-state index contributed by atoms with van der Waals surface area (Å²) in [6.45, 7) is 11.3. The summed E-state index contributed by atoms with van der Waals surface area (Å²) in [6, 6.07) is 0. The van der Waals surface area contributed by atoms with E-state index < -0.39 is 0 Å². The van der Waals surface area contributed by atoms with Gasteiger partial charge in [-0.1, -0.05) is 0 Å². The SMILES string of the molecule is CC1(C)CN(CCC2CCOC2)CCN1. The molecule has 0 aromatic rings. The standard InChI is InChI=1S/C12H24N2O/c1-12(2)10-14(7-5-13-12)6-3-11-4-8-15-9-11/h11,13H,3-10H2,1-2H3. The third kappa shape index (κ3) is 3.44. The minimum atomic E-state index is 0.296. The van der Waals surface area contributed by atoms with Crippen LogP contribution in [0.2, 0.25) is 0 Å². The lowest BCUT2D eigenvalue weighted by molar-refractivity contribution is 0.140. The van der Waals surface area contributed by atoms with E-state index in [1.165, 1.54) is 32.5 Å². The van der Waals surface area contributed by atoms with Gasteiger partial charge in [0.2, 0.25) is 0 Å². The molecule has 0 aliphatic carbocycles. The minimum absolute atomic E-state index is 0.296. The summed E-state index contributed by atoms with van der Waals surface area (Å²) in [4.78, 5) is 2.59. The molecule has 2 aliphatic heterocycles. The number of rotatable bonds is 3. The lowest BCUT2D eigenvalue weighted by Gasteiger charge is -2.39. The fourth-order valence-electron chi connectivity index (χ4n) is 2.61. The summed E-state index contributed by atoms with van der Waals surface area (Å²) in [5.74, 6) is 0.822. The van der Waals surface area contributed by atoms with Gasteiger partial charge in [0.1, 0.15) is 0 Å². The highest BCUT2D eigenvalue weighted by Gasteiger charge is 2.26. The van der Waals surface area contributed by atoms with Crippen LogP contribution in [0, 0.1) is 5.92 Å². The topological polar surface area (TPSA) is 24.5 Å². The van der Waals surface area contributed by atoms with Gasteiger partial charge in [0.15, 0.2) is 0 Å². The van der Waals surface area contributed by atoms with Crippen molar-refractivity contribution in [2.24, 2.45) is 5.92 Å². The first kappa shape index (κ1) is 11.4. The summed E-state index contributed by atoms with van der Waals surface area (Å²) in [7, 11) is 0. The highest BCUT2D eigenvalue weighted by atomic mass is 16.5. The minimum Gasteiger partial charge on any atom is -0.381 e. The van der Waals surface area contributed by atoms with Gasteiger partial charge in [0.25, 0.3) is 0 Å². The molecule has 1 unspecified atom stereocenters. The van der Waals surface area contributed by atoms with Crippen LogP contribution < -0.4 is 5.32 Å². The van der Waals surface area contributed by atoms with Crippen LogP contribution >= 0.6 is 0 Å². The van der Waals surface area contributed by atoms with Gasteiger partial charge in [-0.25, -0.2) is 0 Å². The van der Waals surface area contributed by atoms with Gasteiger partial charge >= 0.3 is 0 Å². The fraction of sp³-hybridized carbons (Fsp3) is 1.00. The van der Waals surface area contributed by atoms with Crippen molar-refractivity contribution in [2.75, 3.05) is 39.4 Å². The molecule has 3 nitrogen and oxygen atoms in total.